The lowest BCUT2D eigenvalue weighted by Gasteiger charge is -2.16. The highest BCUT2D eigenvalue weighted by Gasteiger charge is 2.25. The number of hydrogen-bond donors (Lipinski definition) is 2. The van der Waals surface area contributed by atoms with Crippen molar-refractivity contribution in [2.75, 3.05) is 32.4 Å². The van der Waals surface area contributed by atoms with Crippen molar-refractivity contribution < 1.29 is 42.1 Å². The minimum atomic E-state index is -3.90. The number of methoxy groups -OCH3 is 3. The van der Waals surface area contributed by atoms with Crippen LogP contribution < -0.4 is 10.1 Å². The summed E-state index contributed by atoms with van der Waals surface area (Å²) in [6.45, 7) is 1.37. The first kappa shape index (κ1) is 22.0. The van der Waals surface area contributed by atoms with Gasteiger partial charge >= 0.3 is 17.9 Å². The number of carbonyl (C=O) groups is 3. The van der Waals surface area contributed by atoms with Crippen molar-refractivity contribution in [2.45, 2.75) is 11.8 Å². The second-order valence-corrected chi connectivity index (χ2v) is 7.20. The van der Waals surface area contributed by atoms with Crippen LogP contribution in [0.15, 0.2) is 28.8 Å². The Morgan fingerprint density at radius 2 is 1.78 bits per heavy atom. The van der Waals surface area contributed by atoms with Crippen molar-refractivity contribution in [2.24, 2.45) is 0 Å². The molecule has 0 amide bonds. The fourth-order valence-electron chi connectivity index (χ4n) is 1.98. The van der Waals surface area contributed by atoms with E-state index in [9.17, 15) is 27.9 Å². The standard InChI is InChI=1S/C16H19NO9S/c1-5-27(22,23)13-6-9(15(19)20)12(24-2)7-10(13)17-11(16(21)26-4)8-14(18)25-3/h6-8,17H,5H2,1-4H3,(H,19,20)/b11-8+. The van der Waals surface area contributed by atoms with Gasteiger partial charge in [0, 0.05) is 6.07 Å². The van der Waals surface area contributed by atoms with Gasteiger partial charge in [0.1, 0.15) is 17.0 Å². The first-order valence-electron chi connectivity index (χ1n) is 7.44. The molecule has 1 rings (SSSR count). The minimum Gasteiger partial charge on any atom is -0.496 e. The summed E-state index contributed by atoms with van der Waals surface area (Å²) in [5.74, 6) is -3.74. The smallest absolute Gasteiger partial charge is 0.354 e. The molecule has 0 aliphatic rings. The predicted molar refractivity (Wildman–Crippen MR) is 93.4 cm³/mol. The maximum Gasteiger partial charge on any atom is 0.354 e. The van der Waals surface area contributed by atoms with Crippen molar-refractivity contribution >= 4 is 33.4 Å². The van der Waals surface area contributed by atoms with E-state index in [1.54, 1.807) is 0 Å². The highest BCUT2D eigenvalue weighted by atomic mass is 32.2. The average molecular weight is 401 g/mol. The van der Waals surface area contributed by atoms with Gasteiger partial charge in [0.2, 0.25) is 0 Å². The van der Waals surface area contributed by atoms with Crippen LogP contribution in [0.3, 0.4) is 0 Å². The summed E-state index contributed by atoms with van der Waals surface area (Å²) in [6, 6.07) is 2.01. The molecule has 148 valence electrons. The molecular weight excluding hydrogens is 382 g/mol. The van der Waals surface area contributed by atoms with Crippen LogP contribution in [-0.4, -0.2) is 58.5 Å². The molecule has 1 aromatic carbocycles. The monoisotopic (exact) mass is 401 g/mol. The van der Waals surface area contributed by atoms with Gasteiger partial charge < -0.3 is 24.6 Å². The van der Waals surface area contributed by atoms with E-state index >= 15 is 0 Å². The fourth-order valence-corrected chi connectivity index (χ4v) is 3.04. The molecule has 2 N–H and O–H groups in total. The number of anilines is 1. The Kier molecular flexibility index (Phi) is 7.35. The van der Waals surface area contributed by atoms with E-state index in [0.29, 0.717) is 0 Å². The van der Waals surface area contributed by atoms with Crippen LogP contribution in [0.2, 0.25) is 0 Å². The lowest BCUT2D eigenvalue weighted by molar-refractivity contribution is -0.138. The molecule has 0 aromatic heterocycles. The van der Waals surface area contributed by atoms with E-state index in [-0.39, 0.29) is 27.6 Å². The molecule has 0 bridgehead atoms. The molecule has 0 saturated heterocycles. The molecule has 1 aromatic rings. The zero-order valence-corrected chi connectivity index (χ0v) is 15.9. The topological polar surface area (TPSA) is 145 Å². The molecule has 0 heterocycles. The number of carbonyl (C=O) groups excluding carboxylic acids is 2. The summed E-state index contributed by atoms with van der Waals surface area (Å²) in [5, 5.41) is 11.7. The molecule has 0 atom stereocenters. The van der Waals surface area contributed by atoms with Crippen molar-refractivity contribution in [1.82, 2.24) is 0 Å². The molecule has 27 heavy (non-hydrogen) atoms. The van der Waals surface area contributed by atoms with E-state index in [4.69, 9.17) is 4.74 Å². The highest BCUT2D eigenvalue weighted by Crippen LogP contribution is 2.32. The minimum absolute atomic E-state index is 0.151. The van der Waals surface area contributed by atoms with Crippen LogP contribution in [0.5, 0.6) is 5.75 Å². The van der Waals surface area contributed by atoms with Gasteiger partial charge in [0.05, 0.1) is 43.7 Å². The number of benzene rings is 1. The van der Waals surface area contributed by atoms with Crippen LogP contribution in [0.1, 0.15) is 17.3 Å². The second-order valence-electron chi connectivity index (χ2n) is 4.95. The van der Waals surface area contributed by atoms with Crippen LogP contribution in [0, 0.1) is 0 Å². The van der Waals surface area contributed by atoms with Crippen molar-refractivity contribution in [3.63, 3.8) is 0 Å². The van der Waals surface area contributed by atoms with Gasteiger partial charge in [-0.05, 0) is 6.07 Å². The highest BCUT2D eigenvalue weighted by molar-refractivity contribution is 7.91. The molecule has 0 radical (unpaired) electrons. The van der Waals surface area contributed by atoms with Crippen LogP contribution in [-0.2, 0) is 28.9 Å². The molecule has 0 saturated carbocycles. The number of hydrogen-bond acceptors (Lipinski definition) is 9. The average Bonchev–Trinajstić information content (AvgIpc) is 2.65. The quantitative estimate of drug-likeness (QED) is 0.474. The summed E-state index contributed by atoms with van der Waals surface area (Å²) < 4.78 is 38.8. The third-order valence-corrected chi connectivity index (χ3v) is 5.15. The third kappa shape index (κ3) is 5.20. The van der Waals surface area contributed by atoms with Gasteiger partial charge in [-0.1, -0.05) is 6.92 Å². The van der Waals surface area contributed by atoms with Crippen LogP contribution >= 0.6 is 0 Å². The molecule has 0 unspecified atom stereocenters. The van der Waals surface area contributed by atoms with Crippen molar-refractivity contribution in [1.29, 1.82) is 0 Å². The number of rotatable bonds is 8. The van der Waals surface area contributed by atoms with Crippen molar-refractivity contribution in [3.05, 3.63) is 29.5 Å². The Hall–Kier alpha value is -3.08. The number of esters is 2. The zero-order valence-electron chi connectivity index (χ0n) is 15.1. The number of sulfone groups is 1. The maximum atomic E-state index is 12.4. The van der Waals surface area contributed by atoms with Gasteiger partial charge in [-0.15, -0.1) is 0 Å². The Morgan fingerprint density at radius 1 is 1.15 bits per heavy atom. The lowest BCUT2D eigenvalue weighted by Crippen LogP contribution is -2.18. The van der Waals surface area contributed by atoms with E-state index in [2.05, 4.69) is 14.8 Å². The van der Waals surface area contributed by atoms with Gasteiger partial charge in [-0.25, -0.2) is 22.8 Å². The first-order chi connectivity index (χ1) is 12.6. The van der Waals surface area contributed by atoms with Gasteiger partial charge in [-0.2, -0.15) is 0 Å². The maximum absolute atomic E-state index is 12.4. The molecule has 0 fully saturated rings. The summed E-state index contributed by atoms with van der Waals surface area (Å²) in [4.78, 5) is 34.4. The Labute approximate surface area is 155 Å². The molecule has 0 aliphatic heterocycles. The van der Waals surface area contributed by atoms with E-state index in [1.165, 1.54) is 14.0 Å². The SMILES string of the molecule is CCS(=O)(=O)c1cc(C(=O)O)c(OC)cc1N/C(=C/C(=O)OC)C(=O)OC. The molecule has 0 spiro atoms. The summed E-state index contributed by atoms with van der Waals surface area (Å²) in [7, 11) is -0.548. The lowest BCUT2D eigenvalue weighted by atomic mass is 10.1. The number of carboxylic acid groups (broad SMARTS) is 1. The fraction of sp³-hybridized carbons (Fsp3) is 0.312. The molecule has 11 heteroatoms. The van der Waals surface area contributed by atoms with Crippen LogP contribution in [0.25, 0.3) is 0 Å². The Balaban J connectivity index is 3.69. The van der Waals surface area contributed by atoms with Crippen molar-refractivity contribution in [3.8, 4) is 5.75 Å². The van der Waals surface area contributed by atoms with Gasteiger partial charge in [0.15, 0.2) is 9.84 Å². The van der Waals surface area contributed by atoms with E-state index < -0.39 is 33.4 Å². The Morgan fingerprint density at radius 3 is 2.22 bits per heavy atom. The first-order valence-corrected chi connectivity index (χ1v) is 9.09. The summed E-state index contributed by atoms with van der Waals surface area (Å²) in [6.07, 6.45) is 0.770. The molecule has 0 aliphatic carbocycles. The summed E-state index contributed by atoms with van der Waals surface area (Å²) >= 11 is 0. The normalized spacial score (nSPS) is 11.5. The Bertz CT molecular complexity index is 887. The largest absolute Gasteiger partial charge is 0.496 e. The number of nitrogens with one attached hydrogen (secondary N) is 1. The number of carboxylic acids is 1. The van der Waals surface area contributed by atoms with Crippen LogP contribution in [0.4, 0.5) is 5.69 Å². The van der Waals surface area contributed by atoms with E-state index in [0.717, 1.165) is 32.4 Å². The van der Waals surface area contributed by atoms with E-state index in [1.807, 2.05) is 0 Å². The summed E-state index contributed by atoms with van der Waals surface area (Å²) in [5.41, 5.74) is -0.965. The predicted octanol–water partition coefficient (Wildman–Crippen LogP) is 0.829. The molecular formula is C16H19NO9S. The third-order valence-electron chi connectivity index (χ3n) is 3.39. The number of aromatic carboxylic acids is 1. The van der Waals surface area contributed by atoms with Gasteiger partial charge in [-0.3, -0.25) is 0 Å². The molecule has 10 nitrogen and oxygen atoms in total. The second kappa shape index (κ2) is 9.03. The van der Waals surface area contributed by atoms with Gasteiger partial charge in [0.25, 0.3) is 0 Å². The number of ether oxygens (including phenoxy) is 3. The zero-order chi connectivity index (χ0) is 20.8.